The second-order valence-electron chi connectivity index (χ2n) is 6.32. The number of hydrogen-bond donors (Lipinski definition) is 1. The first kappa shape index (κ1) is 17.8. The molecule has 0 aliphatic rings. The highest BCUT2D eigenvalue weighted by Crippen LogP contribution is 2.26. The van der Waals surface area contributed by atoms with E-state index in [1.54, 1.807) is 6.07 Å². The maximum absolute atomic E-state index is 12.4. The number of carbonyl (C=O) groups excluding carboxylic acids is 1. The molecule has 0 radical (unpaired) electrons. The lowest BCUT2D eigenvalue weighted by Gasteiger charge is -2.08. The third-order valence-electron chi connectivity index (χ3n) is 4.44. The summed E-state index contributed by atoms with van der Waals surface area (Å²) >= 11 is 5.85. The summed E-state index contributed by atoms with van der Waals surface area (Å²) in [5.74, 6) is -0.286. The summed E-state index contributed by atoms with van der Waals surface area (Å²) in [4.78, 5) is 16.3. The number of hydrogen-bond acceptors (Lipinski definition) is 3. The van der Waals surface area contributed by atoms with Crippen LogP contribution < -0.4 is 5.32 Å². The van der Waals surface area contributed by atoms with Gasteiger partial charge in [0.05, 0.1) is 5.56 Å². The van der Waals surface area contributed by atoms with Gasteiger partial charge in [0.15, 0.2) is 0 Å². The summed E-state index contributed by atoms with van der Waals surface area (Å²) in [5.41, 5.74) is 3.68. The molecule has 0 fully saturated rings. The van der Waals surface area contributed by atoms with E-state index in [0.717, 1.165) is 16.5 Å². The van der Waals surface area contributed by atoms with Crippen molar-refractivity contribution in [2.45, 2.75) is 6.54 Å². The zero-order chi connectivity index (χ0) is 19.5. The van der Waals surface area contributed by atoms with Crippen LogP contribution in [0.2, 0.25) is 5.15 Å². The number of nitrogens with one attached hydrogen (secondary N) is 1. The highest BCUT2D eigenvalue weighted by atomic mass is 35.5. The average molecular weight is 387 g/mol. The number of carbonyl (C=O) groups is 1. The molecule has 4 aromatic rings. The summed E-state index contributed by atoms with van der Waals surface area (Å²) in [7, 11) is 0. The first-order valence-electron chi connectivity index (χ1n) is 8.64. The second kappa shape index (κ2) is 7.55. The fourth-order valence-corrected chi connectivity index (χ4v) is 3.30. The van der Waals surface area contributed by atoms with Crippen molar-refractivity contribution < 1.29 is 4.79 Å². The summed E-state index contributed by atoms with van der Waals surface area (Å²) < 4.78 is 2.04. The first-order chi connectivity index (χ1) is 13.6. The fraction of sp³-hybridized carbons (Fsp3) is 0.0455. The number of benzene rings is 2. The van der Waals surface area contributed by atoms with Gasteiger partial charge in [-0.25, -0.2) is 4.98 Å². The molecule has 0 bridgehead atoms. The molecule has 1 amide bonds. The lowest BCUT2D eigenvalue weighted by molar-refractivity contribution is 0.102. The molecule has 2 aromatic carbocycles. The maximum atomic E-state index is 12.4. The lowest BCUT2D eigenvalue weighted by atomic mass is 10.1. The Labute approximate surface area is 166 Å². The van der Waals surface area contributed by atoms with Gasteiger partial charge in [-0.1, -0.05) is 41.9 Å². The largest absolute Gasteiger partial charge is 0.342 e. The number of nitriles is 1. The van der Waals surface area contributed by atoms with Gasteiger partial charge in [0, 0.05) is 41.1 Å². The van der Waals surface area contributed by atoms with Crippen molar-refractivity contribution in [1.82, 2.24) is 9.55 Å². The molecule has 6 heteroatoms. The van der Waals surface area contributed by atoms with E-state index in [-0.39, 0.29) is 11.1 Å². The predicted octanol–water partition coefficient (Wildman–Crippen LogP) is 4.86. The van der Waals surface area contributed by atoms with Gasteiger partial charge < -0.3 is 9.88 Å². The maximum Gasteiger partial charge on any atom is 0.255 e. The van der Waals surface area contributed by atoms with Gasteiger partial charge in [0.25, 0.3) is 5.91 Å². The highest BCUT2D eigenvalue weighted by molar-refractivity contribution is 6.29. The Hall–Kier alpha value is -3.62. The molecular formula is C22H15ClN4O. The van der Waals surface area contributed by atoms with E-state index in [1.165, 1.54) is 12.3 Å². The smallest absolute Gasteiger partial charge is 0.255 e. The summed E-state index contributed by atoms with van der Waals surface area (Å²) in [6.45, 7) is 0.667. The van der Waals surface area contributed by atoms with Crippen molar-refractivity contribution in [3.05, 3.63) is 94.9 Å². The molecule has 2 heterocycles. The summed E-state index contributed by atoms with van der Waals surface area (Å²) in [5, 5.41) is 13.4. The van der Waals surface area contributed by atoms with Crippen LogP contribution in [-0.4, -0.2) is 15.5 Å². The van der Waals surface area contributed by atoms with Gasteiger partial charge in [0.1, 0.15) is 11.2 Å². The molecule has 0 saturated heterocycles. The van der Waals surface area contributed by atoms with E-state index in [2.05, 4.69) is 16.4 Å². The Morgan fingerprint density at radius 1 is 1.14 bits per heavy atom. The van der Waals surface area contributed by atoms with E-state index in [4.69, 9.17) is 11.6 Å². The molecule has 136 valence electrons. The molecule has 0 unspecified atom stereocenters. The predicted molar refractivity (Wildman–Crippen MR) is 109 cm³/mol. The van der Waals surface area contributed by atoms with E-state index in [9.17, 15) is 10.1 Å². The fourth-order valence-electron chi connectivity index (χ4n) is 3.12. The lowest BCUT2D eigenvalue weighted by Crippen LogP contribution is -2.11. The quantitative estimate of drug-likeness (QED) is 0.509. The highest BCUT2D eigenvalue weighted by Gasteiger charge is 2.12. The van der Waals surface area contributed by atoms with Crippen molar-refractivity contribution in [2.75, 3.05) is 5.32 Å². The van der Waals surface area contributed by atoms with Gasteiger partial charge in [-0.05, 0) is 35.9 Å². The molecule has 0 saturated carbocycles. The van der Waals surface area contributed by atoms with E-state index < -0.39 is 0 Å². The number of pyridine rings is 1. The molecular weight excluding hydrogens is 372 g/mol. The van der Waals surface area contributed by atoms with Gasteiger partial charge in [-0.2, -0.15) is 5.26 Å². The average Bonchev–Trinajstić information content (AvgIpc) is 3.05. The van der Waals surface area contributed by atoms with E-state index in [0.29, 0.717) is 23.4 Å². The Morgan fingerprint density at radius 2 is 1.96 bits per heavy atom. The number of fused-ring (bicyclic) bond motifs is 1. The normalized spacial score (nSPS) is 10.6. The molecule has 1 N–H and O–H groups in total. The van der Waals surface area contributed by atoms with Crippen molar-refractivity contribution in [2.24, 2.45) is 0 Å². The summed E-state index contributed by atoms with van der Waals surface area (Å²) in [6, 6.07) is 20.9. The third-order valence-corrected chi connectivity index (χ3v) is 4.65. The second-order valence-corrected chi connectivity index (χ2v) is 6.71. The van der Waals surface area contributed by atoms with Gasteiger partial charge in [-0.3, -0.25) is 4.79 Å². The van der Waals surface area contributed by atoms with Crippen LogP contribution in [0.25, 0.3) is 10.9 Å². The van der Waals surface area contributed by atoms with Crippen LogP contribution in [-0.2, 0) is 6.54 Å². The number of nitrogens with zero attached hydrogens (tertiary/aromatic N) is 3. The first-order valence-corrected chi connectivity index (χ1v) is 9.01. The van der Waals surface area contributed by atoms with Gasteiger partial charge in [0.2, 0.25) is 0 Å². The van der Waals surface area contributed by atoms with Crippen molar-refractivity contribution in [3.63, 3.8) is 0 Å². The summed E-state index contributed by atoms with van der Waals surface area (Å²) in [6.07, 6.45) is 3.32. The Morgan fingerprint density at radius 3 is 2.71 bits per heavy atom. The van der Waals surface area contributed by atoms with Crippen molar-refractivity contribution in [1.29, 1.82) is 5.26 Å². The van der Waals surface area contributed by atoms with Crippen LogP contribution in [0, 0.1) is 11.3 Å². The van der Waals surface area contributed by atoms with E-state index >= 15 is 0 Å². The molecule has 2 aromatic heterocycles. The van der Waals surface area contributed by atoms with Crippen LogP contribution in [0.3, 0.4) is 0 Å². The zero-order valence-corrected chi connectivity index (χ0v) is 15.5. The monoisotopic (exact) mass is 386 g/mol. The van der Waals surface area contributed by atoms with E-state index in [1.807, 2.05) is 59.3 Å². The SMILES string of the molecule is N#Cc1cn(Cc2ccccc2)c2ccc(NC(=O)c3ccnc(Cl)c3)cc12. The number of rotatable bonds is 4. The number of anilines is 1. The number of halogens is 1. The Balaban J connectivity index is 1.65. The molecule has 5 nitrogen and oxygen atoms in total. The topological polar surface area (TPSA) is 70.7 Å². The molecule has 0 spiro atoms. The molecule has 0 atom stereocenters. The minimum Gasteiger partial charge on any atom is -0.342 e. The Bertz CT molecular complexity index is 1210. The molecule has 28 heavy (non-hydrogen) atoms. The number of amides is 1. The van der Waals surface area contributed by atoms with Gasteiger partial charge >= 0.3 is 0 Å². The van der Waals surface area contributed by atoms with Crippen LogP contribution in [0.1, 0.15) is 21.5 Å². The minimum atomic E-state index is -0.286. The molecule has 0 aliphatic heterocycles. The number of aromatic nitrogens is 2. The van der Waals surface area contributed by atoms with Crippen LogP contribution in [0.15, 0.2) is 73.1 Å². The van der Waals surface area contributed by atoms with Crippen LogP contribution >= 0.6 is 11.6 Å². The standard InChI is InChI=1S/C22H15ClN4O/c23-21-10-16(8-9-25-21)22(28)26-18-6-7-20-19(11-18)17(12-24)14-27(20)13-15-4-2-1-3-5-15/h1-11,14H,13H2,(H,26,28). The van der Waals surface area contributed by atoms with Crippen LogP contribution in [0.5, 0.6) is 0 Å². The van der Waals surface area contributed by atoms with Gasteiger partial charge in [-0.15, -0.1) is 0 Å². The third kappa shape index (κ3) is 3.59. The molecule has 0 aliphatic carbocycles. The molecule has 4 rings (SSSR count). The zero-order valence-electron chi connectivity index (χ0n) is 14.8. The Kier molecular flexibility index (Phi) is 4.79. The van der Waals surface area contributed by atoms with Crippen LogP contribution in [0.4, 0.5) is 5.69 Å². The van der Waals surface area contributed by atoms with Crippen molar-refractivity contribution >= 4 is 34.1 Å². The minimum absolute atomic E-state index is 0.257. The van der Waals surface area contributed by atoms with Crippen molar-refractivity contribution in [3.8, 4) is 6.07 Å².